The Kier molecular flexibility index (Phi) is 4.53. The number of hydrogen-bond donors (Lipinski definition) is 0. The second-order valence-electron chi connectivity index (χ2n) is 5.82. The normalized spacial score (nSPS) is 21.5. The maximum atomic E-state index is 13.5. The van der Waals surface area contributed by atoms with Gasteiger partial charge in [0.2, 0.25) is 0 Å². The minimum atomic E-state index is -0.449. The van der Waals surface area contributed by atoms with Crippen LogP contribution in [0.1, 0.15) is 37.2 Å². The molecule has 22 heavy (non-hydrogen) atoms. The van der Waals surface area contributed by atoms with Gasteiger partial charge in [-0.2, -0.15) is 0 Å². The first-order valence-corrected chi connectivity index (χ1v) is 7.95. The highest BCUT2D eigenvalue weighted by Crippen LogP contribution is 2.35. The van der Waals surface area contributed by atoms with Gasteiger partial charge in [0.1, 0.15) is 5.82 Å². The van der Waals surface area contributed by atoms with Crippen LogP contribution >= 0.6 is 11.6 Å². The van der Waals surface area contributed by atoms with E-state index in [4.69, 9.17) is 11.6 Å². The maximum Gasteiger partial charge on any atom is 0.159 e. The highest BCUT2D eigenvalue weighted by Gasteiger charge is 2.21. The molecule has 1 heterocycles. The molecule has 0 spiro atoms. The van der Waals surface area contributed by atoms with Gasteiger partial charge in [-0.1, -0.05) is 17.7 Å². The predicted molar refractivity (Wildman–Crippen MR) is 87.3 cm³/mol. The van der Waals surface area contributed by atoms with E-state index < -0.39 is 5.82 Å². The van der Waals surface area contributed by atoms with Crippen LogP contribution in [0.3, 0.4) is 0 Å². The van der Waals surface area contributed by atoms with Crippen molar-refractivity contribution in [3.05, 3.63) is 59.7 Å². The van der Waals surface area contributed by atoms with E-state index in [1.807, 2.05) is 12.4 Å². The Morgan fingerprint density at radius 1 is 1.14 bits per heavy atom. The largest absolute Gasteiger partial charge is 0.236 e. The number of benzene rings is 1. The third-order valence-corrected chi connectivity index (χ3v) is 4.73. The smallest absolute Gasteiger partial charge is 0.159 e. The summed E-state index contributed by atoms with van der Waals surface area (Å²) in [6.45, 7) is 3.88. The zero-order chi connectivity index (χ0) is 15.5. The predicted octanol–water partition coefficient (Wildman–Crippen LogP) is 5.40. The summed E-state index contributed by atoms with van der Waals surface area (Å²) in [6.07, 6.45) is 10.5. The molecule has 1 aliphatic carbocycles. The Labute approximate surface area is 135 Å². The second-order valence-corrected chi connectivity index (χ2v) is 6.22. The molecule has 1 aromatic carbocycles. The fourth-order valence-corrected chi connectivity index (χ4v) is 3.14. The minimum Gasteiger partial charge on any atom is -0.236 e. The van der Waals surface area contributed by atoms with Crippen molar-refractivity contribution >= 4 is 11.6 Å². The number of hydrogen-bond acceptors (Lipinski definition) is 2. The number of halogens is 2. The molecule has 0 amide bonds. The van der Waals surface area contributed by atoms with Crippen LogP contribution in [0.4, 0.5) is 4.39 Å². The lowest BCUT2D eigenvalue weighted by atomic mass is 9.79. The molecule has 1 saturated carbocycles. The van der Waals surface area contributed by atoms with E-state index in [9.17, 15) is 4.39 Å². The van der Waals surface area contributed by atoms with Gasteiger partial charge in [-0.3, -0.25) is 0 Å². The summed E-state index contributed by atoms with van der Waals surface area (Å²) >= 11 is 5.70. The summed E-state index contributed by atoms with van der Waals surface area (Å²) in [6, 6.07) is 4.63. The van der Waals surface area contributed by atoms with Crippen LogP contribution in [-0.4, -0.2) is 9.97 Å². The molecular weight excluding hydrogens is 299 g/mol. The molecule has 0 atom stereocenters. The molecule has 1 fully saturated rings. The van der Waals surface area contributed by atoms with Crippen LogP contribution in [0.25, 0.3) is 11.4 Å². The van der Waals surface area contributed by atoms with Crippen molar-refractivity contribution in [3.8, 4) is 11.4 Å². The Hall–Kier alpha value is -1.74. The average molecular weight is 317 g/mol. The fraction of sp³-hybridized carbons (Fsp3) is 0.333. The Bertz CT molecular complexity index is 661. The van der Waals surface area contributed by atoms with Gasteiger partial charge in [-0.25, -0.2) is 14.4 Å². The number of rotatable bonds is 3. The first-order chi connectivity index (χ1) is 10.7. The lowest BCUT2D eigenvalue weighted by molar-refractivity contribution is 0.375. The van der Waals surface area contributed by atoms with E-state index in [2.05, 4.69) is 22.6 Å². The third kappa shape index (κ3) is 3.20. The summed E-state index contributed by atoms with van der Waals surface area (Å²) in [7, 11) is 0. The Morgan fingerprint density at radius 2 is 1.82 bits per heavy atom. The van der Waals surface area contributed by atoms with Crippen molar-refractivity contribution in [3.63, 3.8) is 0 Å². The van der Waals surface area contributed by atoms with Crippen molar-refractivity contribution in [1.29, 1.82) is 0 Å². The van der Waals surface area contributed by atoms with Gasteiger partial charge in [0.25, 0.3) is 0 Å². The Morgan fingerprint density at radius 3 is 2.41 bits per heavy atom. The van der Waals surface area contributed by atoms with Crippen LogP contribution in [0.15, 0.2) is 43.2 Å². The third-order valence-electron chi connectivity index (χ3n) is 4.43. The van der Waals surface area contributed by atoms with E-state index in [0.717, 1.165) is 12.8 Å². The molecule has 2 nitrogen and oxygen atoms in total. The standard InChI is InChI=1S/C18H18ClFN2/c1-2-12-3-5-13(6-4-12)15-10-21-18(22-11-15)14-7-8-16(19)17(20)9-14/h2,7-13H,1,3-6H2/t12-,13-. The quantitative estimate of drug-likeness (QED) is 0.709. The highest BCUT2D eigenvalue weighted by molar-refractivity contribution is 6.30. The van der Waals surface area contributed by atoms with Crippen molar-refractivity contribution in [2.75, 3.05) is 0 Å². The molecular formula is C18H18ClFN2. The van der Waals surface area contributed by atoms with Crippen LogP contribution in [-0.2, 0) is 0 Å². The molecule has 0 aliphatic heterocycles. The molecule has 0 radical (unpaired) electrons. The summed E-state index contributed by atoms with van der Waals surface area (Å²) < 4.78 is 13.5. The molecule has 1 aliphatic rings. The van der Waals surface area contributed by atoms with Gasteiger partial charge in [-0.05, 0) is 61.3 Å². The van der Waals surface area contributed by atoms with Crippen molar-refractivity contribution < 1.29 is 4.39 Å². The molecule has 0 bridgehead atoms. The number of nitrogens with zero attached hydrogens (tertiary/aromatic N) is 2. The lowest BCUT2D eigenvalue weighted by Gasteiger charge is -2.26. The summed E-state index contributed by atoms with van der Waals surface area (Å²) in [5, 5.41) is 0.111. The molecule has 3 rings (SSSR count). The van der Waals surface area contributed by atoms with Gasteiger partial charge < -0.3 is 0 Å². The monoisotopic (exact) mass is 316 g/mol. The van der Waals surface area contributed by atoms with Crippen LogP contribution in [0.2, 0.25) is 5.02 Å². The van der Waals surface area contributed by atoms with E-state index in [1.54, 1.807) is 6.07 Å². The minimum absolute atomic E-state index is 0.111. The topological polar surface area (TPSA) is 25.8 Å². The van der Waals surface area contributed by atoms with E-state index in [0.29, 0.717) is 23.2 Å². The van der Waals surface area contributed by atoms with Crippen LogP contribution in [0.5, 0.6) is 0 Å². The first-order valence-electron chi connectivity index (χ1n) is 7.57. The lowest BCUT2D eigenvalue weighted by Crippen LogP contribution is -2.12. The number of aromatic nitrogens is 2. The van der Waals surface area contributed by atoms with Crippen LogP contribution in [0, 0.1) is 11.7 Å². The molecule has 0 N–H and O–H groups in total. The van der Waals surface area contributed by atoms with Crippen LogP contribution < -0.4 is 0 Å². The maximum absolute atomic E-state index is 13.5. The SMILES string of the molecule is C=C[C@H]1CC[C@H](c2cnc(-c3ccc(Cl)c(F)c3)nc2)CC1. The van der Waals surface area contributed by atoms with Crippen molar-refractivity contribution in [2.45, 2.75) is 31.6 Å². The summed E-state index contributed by atoms with van der Waals surface area (Å²) in [4.78, 5) is 8.79. The number of allylic oxidation sites excluding steroid dienone is 1. The Balaban J connectivity index is 1.75. The van der Waals surface area contributed by atoms with Crippen molar-refractivity contribution in [1.82, 2.24) is 9.97 Å². The van der Waals surface area contributed by atoms with Crippen molar-refractivity contribution in [2.24, 2.45) is 5.92 Å². The highest BCUT2D eigenvalue weighted by atomic mass is 35.5. The van der Waals surface area contributed by atoms with Gasteiger partial charge in [0.05, 0.1) is 5.02 Å². The fourth-order valence-electron chi connectivity index (χ4n) is 3.02. The molecule has 1 aromatic heterocycles. The summed E-state index contributed by atoms with van der Waals surface area (Å²) in [5.74, 6) is 1.24. The van der Waals surface area contributed by atoms with Gasteiger partial charge in [0.15, 0.2) is 5.82 Å². The van der Waals surface area contributed by atoms with Gasteiger partial charge in [-0.15, -0.1) is 6.58 Å². The zero-order valence-corrected chi connectivity index (χ0v) is 13.1. The molecule has 4 heteroatoms. The van der Waals surface area contributed by atoms with E-state index >= 15 is 0 Å². The van der Waals surface area contributed by atoms with E-state index in [1.165, 1.54) is 30.5 Å². The molecule has 0 unspecified atom stereocenters. The summed E-state index contributed by atoms with van der Waals surface area (Å²) in [5.41, 5.74) is 1.81. The molecule has 114 valence electrons. The van der Waals surface area contributed by atoms with Gasteiger partial charge in [0, 0.05) is 18.0 Å². The first kappa shape index (κ1) is 15.2. The molecule has 0 saturated heterocycles. The zero-order valence-electron chi connectivity index (χ0n) is 12.3. The van der Waals surface area contributed by atoms with Gasteiger partial charge >= 0.3 is 0 Å². The molecule has 2 aromatic rings. The average Bonchev–Trinajstić information content (AvgIpc) is 2.58. The second kappa shape index (κ2) is 6.57. The van der Waals surface area contributed by atoms with E-state index in [-0.39, 0.29) is 5.02 Å².